The third kappa shape index (κ3) is 3.95. The number of aromatic nitrogens is 3. The number of rotatable bonds is 5. The zero-order valence-electron chi connectivity index (χ0n) is 12.3. The van der Waals surface area contributed by atoms with Crippen LogP contribution in [0, 0.1) is 6.92 Å². The summed E-state index contributed by atoms with van der Waals surface area (Å²) in [6.07, 6.45) is 1.89. The molecule has 0 aliphatic carbocycles. The quantitative estimate of drug-likeness (QED) is 0.830. The molecule has 0 aliphatic heterocycles. The van der Waals surface area contributed by atoms with E-state index in [1.807, 2.05) is 27.1 Å². The molecule has 0 saturated carbocycles. The van der Waals surface area contributed by atoms with Gasteiger partial charge in [-0.05, 0) is 26.0 Å². The lowest BCUT2D eigenvalue weighted by Gasteiger charge is -2.08. The lowest BCUT2D eigenvalue weighted by Crippen LogP contribution is -2.23. The molecule has 0 bridgehead atoms. The minimum atomic E-state index is -0.193. The van der Waals surface area contributed by atoms with E-state index in [0.717, 1.165) is 11.3 Å². The molecule has 0 unspecified atom stereocenters. The highest BCUT2D eigenvalue weighted by molar-refractivity contribution is 6.29. The number of carbonyl (C=O) groups excluding carboxylic acids is 1. The molecule has 1 amide bonds. The summed E-state index contributed by atoms with van der Waals surface area (Å²) in [7, 11) is 1.85. The molecular formula is C14H18ClN5O. The fourth-order valence-electron chi connectivity index (χ4n) is 2.00. The van der Waals surface area contributed by atoms with Gasteiger partial charge in [-0.2, -0.15) is 5.10 Å². The molecule has 0 aliphatic rings. The molecule has 7 heteroatoms. The fourth-order valence-corrected chi connectivity index (χ4v) is 2.21. The maximum absolute atomic E-state index is 12.2. The van der Waals surface area contributed by atoms with Gasteiger partial charge >= 0.3 is 0 Å². The maximum atomic E-state index is 12.2. The van der Waals surface area contributed by atoms with E-state index in [1.165, 1.54) is 0 Å². The predicted molar refractivity (Wildman–Crippen MR) is 82.5 cm³/mol. The Bertz CT molecular complexity index is 653. The van der Waals surface area contributed by atoms with Gasteiger partial charge in [-0.3, -0.25) is 9.48 Å². The second-order valence-electron chi connectivity index (χ2n) is 4.69. The summed E-state index contributed by atoms with van der Waals surface area (Å²) >= 11 is 5.93. The Morgan fingerprint density at radius 3 is 2.81 bits per heavy atom. The van der Waals surface area contributed by atoms with Gasteiger partial charge in [0.2, 0.25) is 0 Å². The molecule has 0 radical (unpaired) electrons. The van der Waals surface area contributed by atoms with Crippen LogP contribution >= 0.6 is 11.6 Å². The van der Waals surface area contributed by atoms with Crippen LogP contribution in [0.5, 0.6) is 0 Å². The minimum Gasteiger partial charge on any atom is -0.370 e. The first-order valence-electron chi connectivity index (χ1n) is 6.68. The number of halogens is 1. The highest BCUT2D eigenvalue weighted by Crippen LogP contribution is 2.14. The Kier molecular flexibility index (Phi) is 4.80. The first kappa shape index (κ1) is 15.3. The molecule has 0 fully saturated rings. The minimum absolute atomic E-state index is 0.193. The standard InChI is InChI=1S/C14H18ClN5O/c1-4-16-13-6-10(5-12(15)18-13)14(21)17-7-11-8-20(3)19-9(11)2/h5-6,8H,4,7H2,1-3H3,(H,16,18)(H,17,21). The third-order valence-electron chi connectivity index (χ3n) is 2.97. The van der Waals surface area contributed by atoms with Crippen molar-refractivity contribution < 1.29 is 4.79 Å². The van der Waals surface area contributed by atoms with Crippen molar-refractivity contribution in [2.75, 3.05) is 11.9 Å². The van der Waals surface area contributed by atoms with E-state index in [2.05, 4.69) is 20.7 Å². The zero-order valence-corrected chi connectivity index (χ0v) is 13.0. The van der Waals surface area contributed by atoms with Crippen LogP contribution in [0.2, 0.25) is 5.15 Å². The van der Waals surface area contributed by atoms with Crippen LogP contribution in [0.4, 0.5) is 5.82 Å². The molecule has 6 nitrogen and oxygen atoms in total. The van der Waals surface area contributed by atoms with E-state index in [1.54, 1.807) is 16.8 Å². The number of amides is 1. The molecule has 0 saturated heterocycles. The van der Waals surface area contributed by atoms with Crippen molar-refractivity contribution in [2.24, 2.45) is 7.05 Å². The number of pyridine rings is 1. The molecule has 0 spiro atoms. The van der Waals surface area contributed by atoms with Crippen LogP contribution < -0.4 is 10.6 Å². The van der Waals surface area contributed by atoms with Gasteiger partial charge in [-0.1, -0.05) is 11.6 Å². The van der Waals surface area contributed by atoms with E-state index < -0.39 is 0 Å². The molecule has 2 rings (SSSR count). The van der Waals surface area contributed by atoms with E-state index in [9.17, 15) is 4.79 Å². The molecule has 2 N–H and O–H groups in total. The number of aryl methyl sites for hydroxylation is 2. The summed E-state index contributed by atoms with van der Waals surface area (Å²) in [6.45, 7) is 5.00. The van der Waals surface area contributed by atoms with Crippen LogP contribution in [-0.2, 0) is 13.6 Å². The van der Waals surface area contributed by atoms with Gasteiger partial charge in [-0.25, -0.2) is 4.98 Å². The van der Waals surface area contributed by atoms with Crippen LogP contribution in [0.1, 0.15) is 28.5 Å². The van der Waals surface area contributed by atoms with Gasteiger partial charge in [0, 0.05) is 37.5 Å². The van der Waals surface area contributed by atoms with Crippen molar-refractivity contribution in [3.05, 3.63) is 40.3 Å². The highest BCUT2D eigenvalue weighted by Gasteiger charge is 2.10. The maximum Gasteiger partial charge on any atom is 0.251 e. The number of nitrogens with one attached hydrogen (secondary N) is 2. The van der Waals surface area contributed by atoms with E-state index in [0.29, 0.717) is 24.5 Å². The fraction of sp³-hybridized carbons (Fsp3) is 0.357. The number of anilines is 1. The third-order valence-corrected chi connectivity index (χ3v) is 3.16. The number of hydrogen-bond acceptors (Lipinski definition) is 4. The molecule has 2 heterocycles. The average molecular weight is 308 g/mol. The predicted octanol–water partition coefficient (Wildman–Crippen LogP) is 2.14. The molecular weight excluding hydrogens is 290 g/mol. The molecule has 2 aromatic rings. The Morgan fingerprint density at radius 2 is 2.19 bits per heavy atom. The molecule has 0 aromatic carbocycles. The summed E-state index contributed by atoms with van der Waals surface area (Å²) < 4.78 is 1.73. The molecule has 112 valence electrons. The molecule has 2 aromatic heterocycles. The highest BCUT2D eigenvalue weighted by atomic mass is 35.5. The van der Waals surface area contributed by atoms with Gasteiger partial charge in [0.15, 0.2) is 0 Å². The summed E-state index contributed by atoms with van der Waals surface area (Å²) in [5, 5.41) is 10.4. The Balaban J connectivity index is 2.08. The Hall–Kier alpha value is -2.08. The normalized spacial score (nSPS) is 10.5. The van der Waals surface area contributed by atoms with Gasteiger partial charge in [0.05, 0.1) is 5.69 Å². The van der Waals surface area contributed by atoms with E-state index in [-0.39, 0.29) is 11.1 Å². The van der Waals surface area contributed by atoms with Crippen LogP contribution in [-0.4, -0.2) is 27.2 Å². The van der Waals surface area contributed by atoms with Gasteiger partial charge in [0.25, 0.3) is 5.91 Å². The SMILES string of the molecule is CCNc1cc(C(=O)NCc2cn(C)nc2C)cc(Cl)n1. The topological polar surface area (TPSA) is 71.8 Å². The van der Waals surface area contributed by atoms with Gasteiger partial charge < -0.3 is 10.6 Å². The Morgan fingerprint density at radius 1 is 1.43 bits per heavy atom. The van der Waals surface area contributed by atoms with Gasteiger partial charge in [0.1, 0.15) is 11.0 Å². The van der Waals surface area contributed by atoms with Crippen molar-refractivity contribution in [1.82, 2.24) is 20.1 Å². The second kappa shape index (κ2) is 6.58. The van der Waals surface area contributed by atoms with Crippen molar-refractivity contribution in [1.29, 1.82) is 0 Å². The number of hydrogen-bond donors (Lipinski definition) is 2. The number of nitrogens with zero attached hydrogens (tertiary/aromatic N) is 3. The lowest BCUT2D eigenvalue weighted by atomic mass is 10.2. The number of carbonyl (C=O) groups is 1. The largest absolute Gasteiger partial charge is 0.370 e. The summed E-state index contributed by atoms with van der Waals surface area (Å²) in [5.74, 6) is 0.398. The lowest BCUT2D eigenvalue weighted by molar-refractivity contribution is 0.0951. The first-order valence-corrected chi connectivity index (χ1v) is 7.06. The van der Waals surface area contributed by atoms with Crippen LogP contribution in [0.15, 0.2) is 18.3 Å². The van der Waals surface area contributed by atoms with Crippen molar-refractivity contribution in [2.45, 2.75) is 20.4 Å². The Labute approximate surface area is 128 Å². The van der Waals surface area contributed by atoms with Gasteiger partial charge in [-0.15, -0.1) is 0 Å². The molecule has 21 heavy (non-hydrogen) atoms. The van der Waals surface area contributed by atoms with Crippen molar-refractivity contribution >= 4 is 23.3 Å². The average Bonchev–Trinajstić information content (AvgIpc) is 2.74. The second-order valence-corrected chi connectivity index (χ2v) is 5.08. The monoisotopic (exact) mass is 307 g/mol. The van der Waals surface area contributed by atoms with Crippen molar-refractivity contribution in [3.8, 4) is 0 Å². The zero-order chi connectivity index (χ0) is 15.4. The summed E-state index contributed by atoms with van der Waals surface area (Å²) in [6, 6.07) is 3.23. The van der Waals surface area contributed by atoms with Crippen LogP contribution in [0.3, 0.4) is 0 Å². The summed E-state index contributed by atoms with van der Waals surface area (Å²) in [4.78, 5) is 16.3. The summed E-state index contributed by atoms with van der Waals surface area (Å²) in [5.41, 5.74) is 2.37. The van der Waals surface area contributed by atoms with Crippen LogP contribution in [0.25, 0.3) is 0 Å². The van der Waals surface area contributed by atoms with E-state index >= 15 is 0 Å². The van der Waals surface area contributed by atoms with E-state index in [4.69, 9.17) is 11.6 Å². The van der Waals surface area contributed by atoms with Crippen molar-refractivity contribution in [3.63, 3.8) is 0 Å². The first-order chi connectivity index (χ1) is 9.99. The smallest absolute Gasteiger partial charge is 0.251 e. The molecule has 0 atom stereocenters.